The standard InChI is InChI=1S/C14H10FNOS.C4H9NO/c1-9-13(11-6-7-18-8-11)17-14(16-9)10-2-4-12(15)5-3-10;1-3(2)4(5)6/h2-8H,1H3;3H,1-2H3,(H2,5,6). The summed E-state index contributed by atoms with van der Waals surface area (Å²) in [6.07, 6.45) is 0. The molecule has 4 nitrogen and oxygen atoms in total. The first kappa shape index (κ1) is 17.9. The molecule has 0 bridgehead atoms. The number of aromatic nitrogens is 1. The zero-order valence-electron chi connectivity index (χ0n) is 13.7. The monoisotopic (exact) mass is 346 g/mol. The maximum absolute atomic E-state index is 12.9. The summed E-state index contributed by atoms with van der Waals surface area (Å²) >= 11 is 1.61. The third kappa shape index (κ3) is 4.52. The second-order valence-corrected chi connectivity index (χ2v) is 6.29. The lowest BCUT2D eigenvalue weighted by atomic mass is 10.2. The minimum Gasteiger partial charge on any atom is -0.436 e. The Hall–Kier alpha value is -2.47. The topological polar surface area (TPSA) is 69.1 Å². The van der Waals surface area contributed by atoms with Crippen LogP contribution in [0.25, 0.3) is 22.8 Å². The van der Waals surface area contributed by atoms with Crippen molar-refractivity contribution in [3.05, 3.63) is 52.6 Å². The Bertz CT molecular complexity index is 793. The van der Waals surface area contributed by atoms with Gasteiger partial charge in [0, 0.05) is 22.4 Å². The number of amides is 1. The Labute approximate surface area is 144 Å². The van der Waals surface area contributed by atoms with E-state index in [1.165, 1.54) is 12.1 Å². The molecule has 0 aliphatic carbocycles. The van der Waals surface area contributed by atoms with Crippen molar-refractivity contribution in [1.29, 1.82) is 0 Å². The minimum atomic E-state index is -0.264. The zero-order chi connectivity index (χ0) is 17.7. The lowest BCUT2D eigenvalue weighted by Crippen LogP contribution is -2.17. The second kappa shape index (κ2) is 7.88. The zero-order valence-corrected chi connectivity index (χ0v) is 14.6. The summed E-state index contributed by atoms with van der Waals surface area (Å²) in [5.74, 6) is 0.782. The van der Waals surface area contributed by atoms with Crippen LogP contribution in [0.4, 0.5) is 4.39 Å². The number of thiophene rings is 1. The molecule has 0 aliphatic heterocycles. The van der Waals surface area contributed by atoms with Crippen molar-refractivity contribution in [1.82, 2.24) is 4.98 Å². The van der Waals surface area contributed by atoms with Crippen LogP contribution in [-0.4, -0.2) is 10.9 Å². The third-order valence-electron chi connectivity index (χ3n) is 3.24. The van der Waals surface area contributed by atoms with Crippen molar-refractivity contribution < 1.29 is 13.6 Å². The predicted molar refractivity (Wildman–Crippen MR) is 94.0 cm³/mol. The molecule has 0 aliphatic rings. The molecule has 3 rings (SSSR count). The fourth-order valence-electron chi connectivity index (χ4n) is 1.77. The Morgan fingerprint density at radius 2 is 1.83 bits per heavy atom. The molecule has 0 fully saturated rings. The first-order valence-corrected chi connectivity index (χ1v) is 8.38. The largest absolute Gasteiger partial charge is 0.436 e. The Morgan fingerprint density at radius 1 is 1.21 bits per heavy atom. The summed E-state index contributed by atoms with van der Waals surface area (Å²) in [6, 6.07) is 8.13. The van der Waals surface area contributed by atoms with Gasteiger partial charge in [-0.3, -0.25) is 4.79 Å². The van der Waals surface area contributed by atoms with Gasteiger partial charge in [0.05, 0.1) is 5.69 Å². The molecule has 0 radical (unpaired) electrons. The molecule has 2 N–H and O–H groups in total. The van der Waals surface area contributed by atoms with Gasteiger partial charge in [0.2, 0.25) is 11.8 Å². The highest BCUT2D eigenvalue weighted by Gasteiger charge is 2.13. The summed E-state index contributed by atoms with van der Waals surface area (Å²) in [7, 11) is 0. The van der Waals surface area contributed by atoms with Crippen molar-refractivity contribution in [2.45, 2.75) is 20.8 Å². The molecule has 0 atom stereocenters. The molecule has 0 saturated heterocycles. The van der Waals surface area contributed by atoms with Gasteiger partial charge in [0.1, 0.15) is 5.82 Å². The summed E-state index contributed by atoms with van der Waals surface area (Å²) in [4.78, 5) is 14.3. The Balaban J connectivity index is 0.000000301. The highest BCUT2D eigenvalue weighted by molar-refractivity contribution is 7.08. The van der Waals surface area contributed by atoms with Crippen LogP contribution >= 0.6 is 11.3 Å². The van der Waals surface area contributed by atoms with Crippen LogP contribution in [0.1, 0.15) is 19.5 Å². The van der Waals surface area contributed by atoms with E-state index < -0.39 is 0 Å². The number of carbonyl (C=O) groups is 1. The molecule has 0 saturated carbocycles. The van der Waals surface area contributed by atoms with Gasteiger partial charge in [0.15, 0.2) is 5.76 Å². The number of carbonyl (C=O) groups excluding carboxylic acids is 1. The molecule has 1 amide bonds. The van der Waals surface area contributed by atoms with Crippen molar-refractivity contribution in [2.24, 2.45) is 11.7 Å². The van der Waals surface area contributed by atoms with E-state index in [0.29, 0.717) is 5.89 Å². The predicted octanol–water partition coefficient (Wildman–Crippen LogP) is 4.65. The van der Waals surface area contributed by atoms with Crippen LogP contribution in [0.15, 0.2) is 45.5 Å². The number of aryl methyl sites for hydroxylation is 1. The molecule has 3 aromatic rings. The second-order valence-electron chi connectivity index (χ2n) is 5.51. The molecule has 2 heterocycles. The van der Waals surface area contributed by atoms with Gasteiger partial charge in [-0.2, -0.15) is 11.3 Å². The fraction of sp³-hybridized carbons (Fsp3) is 0.222. The molecule has 1 aromatic carbocycles. The highest BCUT2D eigenvalue weighted by atomic mass is 32.1. The van der Waals surface area contributed by atoms with E-state index in [1.807, 2.05) is 23.8 Å². The number of halogens is 1. The molecule has 6 heteroatoms. The van der Waals surface area contributed by atoms with E-state index in [9.17, 15) is 9.18 Å². The first-order valence-electron chi connectivity index (χ1n) is 7.43. The van der Waals surface area contributed by atoms with Gasteiger partial charge >= 0.3 is 0 Å². The average Bonchev–Trinajstić information content (AvgIpc) is 3.17. The van der Waals surface area contributed by atoms with Crippen LogP contribution in [0.2, 0.25) is 0 Å². The van der Waals surface area contributed by atoms with Gasteiger partial charge in [-0.15, -0.1) is 0 Å². The maximum atomic E-state index is 12.9. The number of benzene rings is 1. The van der Waals surface area contributed by atoms with Crippen LogP contribution < -0.4 is 5.73 Å². The van der Waals surface area contributed by atoms with Gasteiger partial charge in [-0.05, 0) is 42.6 Å². The number of hydrogen-bond donors (Lipinski definition) is 1. The van der Waals surface area contributed by atoms with Crippen molar-refractivity contribution in [3.63, 3.8) is 0 Å². The van der Waals surface area contributed by atoms with Gasteiger partial charge < -0.3 is 10.2 Å². The number of primary amides is 1. The normalized spacial score (nSPS) is 10.4. The van der Waals surface area contributed by atoms with Crippen molar-refractivity contribution >= 4 is 17.2 Å². The number of hydrogen-bond acceptors (Lipinski definition) is 4. The third-order valence-corrected chi connectivity index (χ3v) is 3.92. The summed E-state index contributed by atoms with van der Waals surface area (Å²) in [5, 5.41) is 4.01. The first-order chi connectivity index (χ1) is 11.4. The van der Waals surface area contributed by atoms with E-state index in [0.717, 1.165) is 22.6 Å². The smallest absolute Gasteiger partial charge is 0.226 e. The molecule has 0 unspecified atom stereocenters. The van der Waals surface area contributed by atoms with Gasteiger partial charge in [0.25, 0.3) is 0 Å². The highest BCUT2D eigenvalue weighted by Crippen LogP contribution is 2.30. The fourth-order valence-corrected chi connectivity index (χ4v) is 2.41. The molecule has 126 valence electrons. The maximum Gasteiger partial charge on any atom is 0.226 e. The molecular formula is C18H19FN2O2S. The lowest BCUT2D eigenvalue weighted by Gasteiger charge is -1.94. The Kier molecular flexibility index (Phi) is 5.87. The summed E-state index contributed by atoms with van der Waals surface area (Å²) < 4.78 is 18.6. The number of nitrogens with zero attached hydrogens (tertiary/aromatic N) is 1. The van der Waals surface area contributed by atoms with Crippen LogP contribution in [0.5, 0.6) is 0 Å². The number of oxazole rings is 1. The van der Waals surface area contributed by atoms with Crippen LogP contribution in [0, 0.1) is 18.7 Å². The summed E-state index contributed by atoms with van der Waals surface area (Å²) in [5.41, 5.74) is 7.44. The van der Waals surface area contributed by atoms with E-state index in [2.05, 4.69) is 4.98 Å². The minimum absolute atomic E-state index is 0.00926. The van der Waals surface area contributed by atoms with E-state index >= 15 is 0 Å². The van der Waals surface area contributed by atoms with Gasteiger partial charge in [-0.1, -0.05) is 13.8 Å². The lowest BCUT2D eigenvalue weighted by molar-refractivity contribution is -0.120. The number of rotatable bonds is 3. The van der Waals surface area contributed by atoms with Crippen molar-refractivity contribution in [3.8, 4) is 22.8 Å². The Morgan fingerprint density at radius 3 is 2.33 bits per heavy atom. The van der Waals surface area contributed by atoms with Crippen LogP contribution in [0.3, 0.4) is 0 Å². The quantitative estimate of drug-likeness (QED) is 0.751. The SMILES string of the molecule is CC(C)C(N)=O.Cc1nc(-c2ccc(F)cc2)oc1-c1ccsc1. The van der Waals surface area contributed by atoms with Crippen molar-refractivity contribution in [2.75, 3.05) is 0 Å². The molecule has 24 heavy (non-hydrogen) atoms. The molecule has 0 spiro atoms. The van der Waals surface area contributed by atoms with E-state index in [1.54, 1.807) is 37.3 Å². The van der Waals surface area contributed by atoms with E-state index in [-0.39, 0.29) is 17.6 Å². The number of nitrogens with two attached hydrogens (primary N) is 1. The van der Waals surface area contributed by atoms with Gasteiger partial charge in [-0.25, -0.2) is 9.37 Å². The average molecular weight is 346 g/mol. The van der Waals surface area contributed by atoms with Crippen LogP contribution in [-0.2, 0) is 4.79 Å². The molecule has 2 aromatic heterocycles. The summed E-state index contributed by atoms with van der Waals surface area (Å²) in [6.45, 7) is 5.44. The molecular weight excluding hydrogens is 327 g/mol. The van der Waals surface area contributed by atoms with E-state index in [4.69, 9.17) is 10.2 Å².